The zero-order valence-electron chi connectivity index (χ0n) is 9.91. The van der Waals surface area contributed by atoms with Gasteiger partial charge in [-0.25, -0.2) is 0 Å². The van der Waals surface area contributed by atoms with Crippen LogP contribution in [0.4, 0.5) is 0 Å². The first-order valence-corrected chi connectivity index (χ1v) is 5.37. The third kappa shape index (κ3) is 2.58. The van der Waals surface area contributed by atoms with Crippen molar-refractivity contribution in [3.8, 4) is 0 Å². The van der Waals surface area contributed by atoms with Crippen LogP contribution in [-0.2, 0) is 9.47 Å². The molecule has 1 rings (SSSR count). The van der Waals surface area contributed by atoms with Gasteiger partial charge in [-0.2, -0.15) is 0 Å². The molecule has 0 aromatic heterocycles. The van der Waals surface area contributed by atoms with Gasteiger partial charge in [0, 0.05) is 5.41 Å². The molecule has 0 aromatic carbocycles. The Morgan fingerprint density at radius 2 is 2.00 bits per heavy atom. The first-order valence-electron chi connectivity index (χ1n) is 5.37. The molecule has 0 amide bonds. The van der Waals surface area contributed by atoms with Crippen LogP contribution in [0, 0.1) is 11.3 Å². The van der Waals surface area contributed by atoms with Gasteiger partial charge in [0.15, 0.2) is 6.29 Å². The molecular formula is C12H22O2. The predicted molar refractivity (Wildman–Crippen MR) is 58.0 cm³/mol. The van der Waals surface area contributed by atoms with Crippen molar-refractivity contribution in [2.45, 2.75) is 47.0 Å². The minimum atomic E-state index is -0.152. The van der Waals surface area contributed by atoms with Crippen molar-refractivity contribution in [3.05, 3.63) is 12.2 Å². The smallest absolute Gasteiger partial charge is 0.177 e. The highest BCUT2D eigenvalue weighted by atomic mass is 16.7. The second-order valence-electron chi connectivity index (χ2n) is 4.99. The highest BCUT2D eigenvalue weighted by molar-refractivity contribution is 4.90. The van der Waals surface area contributed by atoms with Gasteiger partial charge in [0.1, 0.15) is 0 Å². The van der Waals surface area contributed by atoms with Crippen molar-refractivity contribution < 1.29 is 9.47 Å². The summed E-state index contributed by atoms with van der Waals surface area (Å²) in [6, 6.07) is 0. The minimum absolute atomic E-state index is 0.117. The van der Waals surface area contributed by atoms with Crippen LogP contribution in [0.15, 0.2) is 12.2 Å². The number of hydrogen-bond acceptors (Lipinski definition) is 2. The predicted octanol–water partition coefficient (Wildman–Crippen LogP) is 2.99. The van der Waals surface area contributed by atoms with Crippen LogP contribution in [0.5, 0.6) is 0 Å². The molecule has 1 aliphatic heterocycles. The van der Waals surface area contributed by atoms with Gasteiger partial charge in [-0.3, -0.25) is 0 Å². The van der Waals surface area contributed by atoms with Crippen molar-refractivity contribution in [1.29, 1.82) is 0 Å². The van der Waals surface area contributed by atoms with Crippen molar-refractivity contribution in [2.24, 2.45) is 11.3 Å². The van der Waals surface area contributed by atoms with E-state index in [9.17, 15) is 0 Å². The van der Waals surface area contributed by atoms with Gasteiger partial charge in [-0.1, -0.05) is 33.8 Å². The van der Waals surface area contributed by atoms with E-state index in [1.807, 2.05) is 19.1 Å². The molecule has 0 aromatic rings. The molecule has 82 valence electrons. The zero-order valence-corrected chi connectivity index (χ0v) is 9.91. The van der Waals surface area contributed by atoms with Crippen LogP contribution in [0.25, 0.3) is 0 Å². The van der Waals surface area contributed by atoms with Crippen LogP contribution in [-0.4, -0.2) is 19.0 Å². The molecule has 0 unspecified atom stereocenters. The van der Waals surface area contributed by atoms with E-state index in [1.165, 1.54) is 0 Å². The zero-order chi connectivity index (χ0) is 10.8. The molecule has 2 heteroatoms. The molecule has 0 aliphatic carbocycles. The van der Waals surface area contributed by atoms with Crippen molar-refractivity contribution in [1.82, 2.24) is 0 Å². The van der Waals surface area contributed by atoms with E-state index in [-0.39, 0.29) is 17.8 Å². The van der Waals surface area contributed by atoms with Crippen LogP contribution in [0.2, 0.25) is 0 Å². The van der Waals surface area contributed by atoms with Gasteiger partial charge in [-0.05, 0) is 18.9 Å². The quantitative estimate of drug-likeness (QED) is 0.635. The summed E-state index contributed by atoms with van der Waals surface area (Å²) in [5, 5.41) is 0. The van der Waals surface area contributed by atoms with Gasteiger partial charge in [0.2, 0.25) is 0 Å². The fraction of sp³-hybridized carbons (Fsp3) is 0.833. The average Bonchev–Trinajstić information content (AvgIpc) is 2.08. The molecule has 1 heterocycles. The highest BCUT2D eigenvalue weighted by Gasteiger charge is 2.38. The minimum Gasteiger partial charge on any atom is -0.348 e. The maximum absolute atomic E-state index is 5.89. The fourth-order valence-electron chi connectivity index (χ4n) is 2.06. The average molecular weight is 198 g/mol. The summed E-state index contributed by atoms with van der Waals surface area (Å²) < 4.78 is 11.5. The third-order valence-corrected chi connectivity index (χ3v) is 2.63. The van der Waals surface area contributed by atoms with Crippen molar-refractivity contribution in [3.63, 3.8) is 0 Å². The summed E-state index contributed by atoms with van der Waals surface area (Å²) >= 11 is 0. The topological polar surface area (TPSA) is 18.5 Å². The van der Waals surface area contributed by atoms with E-state index in [2.05, 4.69) is 27.7 Å². The second kappa shape index (κ2) is 4.45. The fourth-order valence-corrected chi connectivity index (χ4v) is 2.06. The highest BCUT2D eigenvalue weighted by Crippen LogP contribution is 2.34. The van der Waals surface area contributed by atoms with E-state index in [0.29, 0.717) is 5.92 Å². The first kappa shape index (κ1) is 11.7. The van der Waals surface area contributed by atoms with E-state index in [4.69, 9.17) is 9.47 Å². The van der Waals surface area contributed by atoms with Crippen molar-refractivity contribution >= 4 is 0 Å². The number of ether oxygens (including phenoxy) is 2. The molecule has 1 aliphatic rings. The molecule has 0 spiro atoms. The lowest BCUT2D eigenvalue weighted by atomic mass is 9.80. The lowest BCUT2D eigenvalue weighted by Gasteiger charge is -2.43. The van der Waals surface area contributed by atoms with E-state index < -0.39 is 0 Å². The summed E-state index contributed by atoms with van der Waals surface area (Å²) in [6.07, 6.45) is 4.06. The molecule has 2 atom stereocenters. The lowest BCUT2D eigenvalue weighted by molar-refractivity contribution is -0.249. The van der Waals surface area contributed by atoms with Gasteiger partial charge >= 0.3 is 0 Å². The van der Waals surface area contributed by atoms with E-state index >= 15 is 0 Å². The monoisotopic (exact) mass is 198 g/mol. The maximum Gasteiger partial charge on any atom is 0.177 e. The molecule has 2 nitrogen and oxygen atoms in total. The Labute approximate surface area is 87.3 Å². The molecule has 0 radical (unpaired) electrons. The molecule has 14 heavy (non-hydrogen) atoms. The first-order chi connectivity index (χ1) is 6.47. The Bertz CT molecular complexity index is 206. The maximum atomic E-state index is 5.89. The molecular weight excluding hydrogens is 176 g/mol. The van der Waals surface area contributed by atoms with Gasteiger partial charge in [-0.15, -0.1) is 0 Å². The Morgan fingerprint density at radius 1 is 1.36 bits per heavy atom. The van der Waals surface area contributed by atoms with Crippen molar-refractivity contribution in [2.75, 3.05) is 6.61 Å². The van der Waals surface area contributed by atoms with Gasteiger partial charge < -0.3 is 9.47 Å². The van der Waals surface area contributed by atoms with Crippen LogP contribution < -0.4 is 0 Å². The summed E-state index contributed by atoms with van der Waals surface area (Å²) in [6.45, 7) is 11.5. The number of allylic oxidation sites excluding steroid dienone is 1. The number of rotatable bonds is 2. The Kier molecular flexibility index (Phi) is 3.73. The van der Waals surface area contributed by atoms with E-state index in [1.54, 1.807) is 0 Å². The molecule has 1 saturated heterocycles. The second-order valence-corrected chi connectivity index (χ2v) is 4.99. The Balaban J connectivity index is 2.67. The van der Waals surface area contributed by atoms with Crippen LogP contribution >= 0.6 is 0 Å². The molecule has 0 bridgehead atoms. The van der Waals surface area contributed by atoms with E-state index in [0.717, 1.165) is 6.61 Å². The van der Waals surface area contributed by atoms with Gasteiger partial charge in [0.25, 0.3) is 0 Å². The molecule has 0 saturated carbocycles. The Hall–Kier alpha value is -0.340. The van der Waals surface area contributed by atoms with Gasteiger partial charge in [0.05, 0.1) is 12.7 Å². The van der Waals surface area contributed by atoms with Crippen LogP contribution in [0.3, 0.4) is 0 Å². The summed E-state index contributed by atoms with van der Waals surface area (Å²) in [5.74, 6) is 0.529. The Morgan fingerprint density at radius 3 is 2.50 bits per heavy atom. The standard InChI is InChI=1S/C12H22O2/c1-6-7-10-13-8-12(4,5)11(14-10)9(2)3/h6-7,9-11H,8H2,1-5H3/b7-6+/t10-,11+/m1/s1. The third-order valence-electron chi connectivity index (χ3n) is 2.63. The lowest BCUT2D eigenvalue weighted by Crippen LogP contribution is -2.47. The summed E-state index contributed by atoms with van der Waals surface area (Å²) in [4.78, 5) is 0. The normalized spacial score (nSPS) is 32.7. The molecule has 0 N–H and O–H groups in total. The number of hydrogen-bond donors (Lipinski definition) is 0. The summed E-state index contributed by atoms with van der Waals surface area (Å²) in [7, 11) is 0. The SMILES string of the molecule is C/C=C/[C@@H]1OCC(C)(C)[C@H](C(C)C)O1. The summed E-state index contributed by atoms with van der Waals surface area (Å²) in [5.41, 5.74) is 0.117. The molecule has 1 fully saturated rings. The van der Waals surface area contributed by atoms with Crippen LogP contribution in [0.1, 0.15) is 34.6 Å². The largest absolute Gasteiger partial charge is 0.348 e.